The largest absolute Gasteiger partial charge is 0.393 e. The average molecular weight is 250 g/mol. The van der Waals surface area contributed by atoms with Crippen LogP contribution in [0.1, 0.15) is 18.4 Å². The predicted molar refractivity (Wildman–Crippen MR) is 71.4 cm³/mol. The molecule has 1 unspecified atom stereocenters. The van der Waals surface area contributed by atoms with Gasteiger partial charge in [-0.2, -0.15) is 0 Å². The normalized spacial score (nSPS) is 12.8. The van der Waals surface area contributed by atoms with Crippen LogP contribution in [0, 0.1) is 0 Å². The van der Waals surface area contributed by atoms with Crippen LogP contribution in [0.5, 0.6) is 0 Å². The van der Waals surface area contributed by atoms with E-state index in [9.17, 15) is 5.11 Å². The van der Waals surface area contributed by atoms with Crippen molar-refractivity contribution in [2.75, 3.05) is 5.88 Å². The second-order valence-corrected chi connectivity index (χ2v) is 4.55. The zero-order valence-electron chi connectivity index (χ0n) is 9.64. The summed E-state index contributed by atoms with van der Waals surface area (Å²) in [5, 5.41) is 11.0. The summed E-state index contributed by atoms with van der Waals surface area (Å²) in [7, 11) is 0. The van der Waals surface area contributed by atoms with Gasteiger partial charge in [-0.1, -0.05) is 18.2 Å². The van der Waals surface area contributed by atoms with Gasteiger partial charge in [-0.15, -0.1) is 11.6 Å². The molecular formula is C14H16ClNO. The summed E-state index contributed by atoms with van der Waals surface area (Å²) < 4.78 is 0. The zero-order chi connectivity index (χ0) is 12.1. The second-order valence-electron chi connectivity index (χ2n) is 4.18. The van der Waals surface area contributed by atoms with E-state index in [-0.39, 0.29) is 6.10 Å². The fourth-order valence-corrected chi connectivity index (χ4v) is 2.16. The monoisotopic (exact) mass is 249 g/mol. The molecule has 90 valence electrons. The smallest absolute Gasteiger partial charge is 0.0704 e. The Morgan fingerprint density at radius 1 is 1.24 bits per heavy atom. The molecule has 0 radical (unpaired) electrons. The van der Waals surface area contributed by atoms with E-state index in [4.69, 9.17) is 11.6 Å². The molecule has 17 heavy (non-hydrogen) atoms. The minimum absolute atomic E-state index is 0.320. The molecule has 3 heteroatoms. The Balaban J connectivity index is 2.18. The van der Waals surface area contributed by atoms with Gasteiger partial charge < -0.3 is 5.11 Å². The summed E-state index contributed by atoms with van der Waals surface area (Å²) in [6.07, 6.45) is 3.75. The first kappa shape index (κ1) is 12.3. The van der Waals surface area contributed by atoms with Crippen molar-refractivity contribution in [1.82, 2.24) is 4.98 Å². The van der Waals surface area contributed by atoms with Gasteiger partial charge in [0.15, 0.2) is 0 Å². The Hall–Kier alpha value is -1.12. The van der Waals surface area contributed by atoms with E-state index in [0.717, 1.165) is 29.3 Å². The molecule has 1 heterocycles. The number of rotatable bonds is 5. The molecule has 0 amide bonds. The molecule has 0 aliphatic rings. The maximum Gasteiger partial charge on any atom is 0.0704 e. The van der Waals surface area contributed by atoms with Crippen LogP contribution in [0.3, 0.4) is 0 Å². The van der Waals surface area contributed by atoms with E-state index in [1.54, 1.807) is 6.20 Å². The molecule has 1 aromatic heterocycles. The molecule has 2 rings (SSSR count). The first-order valence-corrected chi connectivity index (χ1v) is 6.41. The number of alkyl halides is 1. The molecule has 0 saturated heterocycles. The van der Waals surface area contributed by atoms with E-state index in [1.165, 1.54) is 0 Å². The fraction of sp³-hybridized carbons (Fsp3) is 0.357. The van der Waals surface area contributed by atoms with Crippen molar-refractivity contribution in [1.29, 1.82) is 0 Å². The number of fused-ring (bicyclic) bond motifs is 1. The van der Waals surface area contributed by atoms with Crippen molar-refractivity contribution >= 4 is 22.5 Å². The lowest BCUT2D eigenvalue weighted by atomic mass is 10.0. The number of nitrogens with zero attached hydrogens (tertiary/aromatic N) is 1. The van der Waals surface area contributed by atoms with Crippen LogP contribution in [-0.4, -0.2) is 22.1 Å². The number of hydrogen-bond donors (Lipinski definition) is 1. The number of aliphatic hydroxyl groups is 1. The number of para-hydroxylation sites is 1. The summed E-state index contributed by atoms with van der Waals surface area (Å²) in [6, 6.07) is 9.99. The van der Waals surface area contributed by atoms with Gasteiger partial charge in [0.25, 0.3) is 0 Å². The van der Waals surface area contributed by atoms with Crippen molar-refractivity contribution < 1.29 is 5.11 Å². The minimum atomic E-state index is -0.320. The van der Waals surface area contributed by atoms with Crippen LogP contribution in [0.15, 0.2) is 36.5 Å². The third kappa shape index (κ3) is 3.18. The molecule has 0 fully saturated rings. The van der Waals surface area contributed by atoms with E-state index in [0.29, 0.717) is 12.3 Å². The number of aromatic nitrogens is 1. The second kappa shape index (κ2) is 5.99. The zero-order valence-corrected chi connectivity index (χ0v) is 10.4. The van der Waals surface area contributed by atoms with Crippen molar-refractivity contribution in [3.63, 3.8) is 0 Å². The Morgan fingerprint density at radius 3 is 2.88 bits per heavy atom. The van der Waals surface area contributed by atoms with Gasteiger partial charge in [0.1, 0.15) is 0 Å². The Kier molecular flexibility index (Phi) is 4.35. The number of halogens is 1. The molecule has 0 spiro atoms. The maximum atomic E-state index is 9.91. The van der Waals surface area contributed by atoms with Crippen LogP contribution < -0.4 is 0 Å². The third-order valence-corrected chi connectivity index (χ3v) is 3.13. The Morgan fingerprint density at radius 2 is 2.06 bits per heavy atom. The number of benzene rings is 1. The molecule has 0 aliphatic heterocycles. The molecule has 2 nitrogen and oxygen atoms in total. The summed E-state index contributed by atoms with van der Waals surface area (Å²) >= 11 is 5.62. The van der Waals surface area contributed by atoms with E-state index in [1.807, 2.05) is 30.3 Å². The van der Waals surface area contributed by atoms with Crippen molar-refractivity contribution in [2.24, 2.45) is 0 Å². The molecule has 2 aromatic rings. The lowest BCUT2D eigenvalue weighted by Gasteiger charge is -2.11. The molecule has 0 saturated carbocycles. The predicted octanol–water partition coefficient (Wildman–Crippen LogP) is 3.16. The molecular weight excluding hydrogens is 234 g/mol. The standard InChI is InChI=1S/C14H16ClNO/c15-8-3-4-12(17)10-11-7-9-16-14-6-2-1-5-13(11)14/h1-2,5-7,9,12,17H,3-4,8,10H2. The van der Waals surface area contributed by atoms with Crippen LogP contribution in [0.4, 0.5) is 0 Å². The number of hydrogen-bond acceptors (Lipinski definition) is 2. The van der Waals surface area contributed by atoms with Gasteiger partial charge in [-0.3, -0.25) is 4.98 Å². The first-order chi connectivity index (χ1) is 8.31. The molecule has 0 bridgehead atoms. The van der Waals surface area contributed by atoms with Crippen LogP contribution in [-0.2, 0) is 6.42 Å². The average Bonchev–Trinajstić information content (AvgIpc) is 2.37. The van der Waals surface area contributed by atoms with Gasteiger partial charge >= 0.3 is 0 Å². The highest BCUT2D eigenvalue weighted by molar-refractivity contribution is 6.17. The highest BCUT2D eigenvalue weighted by Gasteiger charge is 2.08. The summed E-state index contributed by atoms with van der Waals surface area (Å²) in [5.41, 5.74) is 2.13. The molecule has 1 N–H and O–H groups in total. The van der Waals surface area contributed by atoms with E-state index >= 15 is 0 Å². The lowest BCUT2D eigenvalue weighted by Crippen LogP contribution is -2.10. The highest BCUT2D eigenvalue weighted by atomic mass is 35.5. The third-order valence-electron chi connectivity index (χ3n) is 2.87. The van der Waals surface area contributed by atoms with Crippen LogP contribution in [0.2, 0.25) is 0 Å². The van der Waals surface area contributed by atoms with Crippen LogP contribution in [0.25, 0.3) is 10.9 Å². The summed E-state index contributed by atoms with van der Waals surface area (Å²) in [6.45, 7) is 0. The van der Waals surface area contributed by atoms with Gasteiger partial charge in [-0.05, 0) is 37.0 Å². The van der Waals surface area contributed by atoms with Crippen LogP contribution >= 0.6 is 11.6 Å². The lowest BCUT2D eigenvalue weighted by molar-refractivity contribution is 0.164. The molecule has 0 aliphatic carbocycles. The summed E-state index contributed by atoms with van der Waals surface area (Å²) in [5.74, 6) is 0.605. The van der Waals surface area contributed by atoms with Gasteiger partial charge in [-0.25, -0.2) is 0 Å². The molecule has 1 aromatic carbocycles. The van der Waals surface area contributed by atoms with Crippen molar-refractivity contribution in [3.05, 3.63) is 42.1 Å². The molecule has 1 atom stereocenters. The fourth-order valence-electron chi connectivity index (χ4n) is 2.00. The van der Waals surface area contributed by atoms with Crippen molar-refractivity contribution in [3.8, 4) is 0 Å². The minimum Gasteiger partial charge on any atom is -0.393 e. The van der Waals surface area contributed by atoms with Gasteiger partial charge in [0.2, 0.25) is 0 Å². The topological polar surface area (TPSA) is 33.1 Å². The Labute approximate surface area is 106 Å². The van der Waals surface area contributed by atoms with E-state index in [2.05, 4.69) is 4.98 Å². The van der Waals surface area contributed by atoms with Gasteiger partial charge in [0.05, 0.1) is 11.6 Å². The Bertz CT molecular complexity index is 481. The van der Waals surface area contributed by atoms with E-state index < -0.39 is 0 Å². The number of pyridine rings is 1. The first-order valence-electron chi connectivity index (χ1n) is 5.88. The van der Waals surface area contributed by atoms with Crippen molar-refractivity contribution in [2.45, 2.75) is 25.4 Å². The maximum absolute atomic E-state index is 9.91. The van der Waals surface area contributed by atoms with Gasteiger partial charge in [0, 0.05) is 17.5 Å². The summed E-state index contributed by atoms with van der Waals surface area (Å²) in [4.78, 5) is 4.31. The highest BCUT2D eigenvalue weighted by Crippen LogP contribution is 2.18. The quantitative estimate of drug-likeness (QED) is 0.826. The SMILES string of the molecule is OC(CCCCl)Cc1ccnc2ccccc12. The number of aliphatic hydroxyl groups excluding tert-OH is 1.